The highest BCUT2D eigenvalue weighted by molar-refractivity contribution is 6.09. The van der Waals surface area contributed by atoms with Crippen LogP contribution in [0.25, 0.3) is 0 Å². The lowest BCUT2D eigenvalue weighted by atomic mass is 10.1. The third kappa shape index (κ3) is 2.58. The van der Waals surface area contributed by atoms with Gasteiger partial charge >= 0.3 is 11.9 Å². The summed E-state index contributed by atoms with van der Waals surface area (Å²) in [5.41, 5.74) is 1.43. The largest absolute Gasteiger partial charge is 0.465 e. The SMILES string of the molecule is COC(=O)c1cc(C(=O)OC)cc(N2Cc3nccnc3C2=O)c1. The van der Waals surface area contributed by atoms with E-state index >= 15 is 0 Å². The molecule has 0 aliphatic carbocycles. The zero-order valence-electron chi connectivity index (χ0n) is 13.0. The zero-order chi connectivity index (χ0) is 17.3. The molecule has 0 fully saturated rings. The van der Waals surface area contributed by atoms with Gasteiger partial charge in [0.15, 0.2) is 5.69 Å². The number of rotatable bonds is 3. The van der Waals surface area contributed by atoms with E-state index in [1.165, 1.54) is 49.7 Å². The molecule has 122 valence electrons. The molecule has 0 atom stereocenters. The van der Waals surface area contributed by atoms with E-state index in [9.17, 15) is 14.4 Å². The molecule has 2 aromatic rings. The van der Waals surface area contributed by atoms with Gasteiger partial charge in [-0.25, -0.2) is 14.6 Å². The van der Waals surface area contributed by atoms with Gasteiger partial charge in [0, 0.05) is 18.1 Å². The maximum absolute atomic E-state index is 12.5. The molecule has 0 radical (unpaired) electrons. The number of anilines is 1. The van der Waals surface area contributed by atoms with Crippen LogP contribution in [0.5, 0.6) is 0 Å². The predicted octanol–water partition coefficient (Wildman–Crippen LogP) is 1.21. The maximum Gasteiger partial charge on any atom is 0.337 e. The molecule has 1 aromatic carbocycles. The van der Waals surface area contributed by atoms with Gasteiger partial charge in [-0.2, -0.15) is 0 Å². The summed E-state index contributed by atoms with van der Waals surface area (Å²) >= 11 is 0. The predicted molar refractivity (Wildman–Crippen MR) is 81.7 cm³/mol. The monoisotopic (exact) mass is 327 g/mol. The lowest BCUT2D eigenvalue weighted by molar-refractivity contribution is 0.0598. The van der Waals surface area contributed by atoms with Crippen LogP contribution in [0.2, 0.25) is 0 Å². The van der Waals surface area contributed by atoms with Crippen LogP contribution in [0.4, 0.5) is 5.69 Å². The number of methoxy groups -OCH3 is 2. The second-order valence-corrected chi connectivity index (χ2v) is 4.99. The van der Waals surface area contributed by atoms with Gasteiger partial charge in [-0.1, -0.05) is 0 Å². The Labute approximate surface area is 137 Å². The number of esters is 2. The third-order valence-electron chi connectivity index (χ3n) is 3.60. The number of hydrogen-bond acceptors (Lipinski definition) is 7. The summed E-state index contributed by atoms with van der Waals surface area (Å²) in [6.45, 7) is 0.202. The number of benzene rings is 1. The highest BCUT2D eigenvalue weighted by atomic mass is 16.5. The molecule has 1 aliphatic heterocycles. The van der Waals surface area contributed by atoms with Gasteiger partial charge in [0.25, 0.3) is 5.91 Å². The molecule has 8 heteroatoms. The first-order valence-electron chi connectivity index (χ1n) is 6.98. The molecule has 2 heterocycles. The fourth-order valence-corrected chi connectivity index (χ4v) is 2.46. The van der Waals surface area contributed by atoms with Crippen molar-refractivity contribution in [2.24, 2.45) is 0 Å². The Hall–Kier alpha value is -3.29. The first-order chi connectivity index (χ1) is 11.5. The number of fused-ring (bicyclic) bond motifs is 1. The van der Waals surface area contributed by atoms with E-state index < -0.39 is 11.9 Å². The fraction of sp³-hybridized carbons (Fsp3) is 0.188. The average molecular weight is 327 g/mol. The highest BCUT2D eigenvalue weighted by Crippen LogP contribution is 2.28. The summed E-state index contributed by atoms with van der Waals surface area (Å²) < 4.78 is 9.38. The van der Waals surface area contributed by atoms with Crippen LogP contribution in [0.3, 0.4) is 0 Å². The van der Waals surface area contributed by atoms with Gasteiger partial charge in [-0.15, -0.1) is 0 Å². The van der Waals surface area contributed by atoms with Crippen molar-refractivity contribution in [2.45, 2.75) is 6.54 Å². The summed E-state index contributed by atoms with van der Waals surface area (Å²) in [6.07, 6.45) is 2.94. The lowest BCUT2D eigenvalue weighted by Crippen LogP contribution is -2.24. The number of ether oxygens (including phenoxy) is 2. The van der Waals surface area contributed by atoms with Crippen LogP contribution >= 0.6 is 0 Å². The molecule has 1 aromatic heterocycles. The Kier molecular flexibility index (Phi) is 3.95. The normalized spacial score (nSPS) is 12.8. The zero-order valence-corrected chi connectivity index (χ0v) is 13.0. The second-order valence-electron chi connectivity index (χ2n) is 4.99. The van der Waals surface area contributed by atoms with Gasteiger partial charge in [0.2, 0.25) is 0 Å². The van der Waals surface area contributed by atoms with E-state index in [1.807, 2.05) is 0 Å². The molecule has 0 saturated heterocycles. The topological polar surface area (TPSA) is 98.7 Å². The number of nitrogens with zero attached hydrogens (tertiary/aromatic N) is 3. The number of hydrogen-bond donors (Lipinski definition) is 0. The Morgan fingerprint density at radius 2 is 1.58 bits per heavy atom. The Balaban J connectivity index is 2.06. The van der Waals surface area contributed by atoms with E-state index in [2.05, 4.69) is 9.97 Å². The van der Waals surface area contributed by atoms with Crippen molar-refractivity contribution in [3.8, 4) is 0 Å². The van der Waals surface area contributed by atoms with Gasteiger partial charge in [-0.05, 0) is 18.2 Å². The van der Waals surface area contributed by atoms with Gasteiger partial charge < -0.3 is 14.4 Å². The molecule has 0 spiro atoms. The standard InChI is InChI=1S/C16H13N3O5/c1-23-15(21)9-5-10(16(22)24-2)7-11(6-9)19-8-12-13(14(19)20)18-4-3-17-12/h3-7H,8H2,1-2H3. The fourth-order valence-electron chi connectivity index (χ4n) is 2.46. The molecule has 1 aliphatic rings. The van der Waals surface area contributed by atoms with E-state index in [-0.39, 0.29) is 29.3 Å². The van der Waals surface area contributed by atoms with E-state index in [1.54, 1.807) is 0 Å². The molecular weight excluding hydrogens is 314 g/mol. The highest BCUT2D eigenvalue weighted by Gasteiger charge is 2.32. The summed E-state index contributed by atoms with van der Waals surface area (Å²) in [5.74, 6) is -1.60. The minimum Gasteiger partial charge on any atom is -0.465 e. The van der Waals surface area contributed by atoms with E-state index in [0.29, 0.717) is 11.4 Å². The van der Waals surface area contributed by atoms with Crippen molar-refractivity contribution in [1.29, 1.82) is 0 Å². The number of aromatic nitrogens is 2. The first-order valence-corrected chi connectivity index (χ1v) is 6.98. The van der Waals surface area contributed by atoms with Crippen molar-refractivity contribution >= 4 is 23.5 Å². The number of carbonyl (C=O) groups excluding carboxylic acids is 3. The molecule has 0 unspecified atom stereocenters. The second kappa shape index (κ2) is 6.07. The lowest BCUT2D eigenvalue weighted by Gasteiger charge is -2.17. The first kappa shape index (κ1) is 15.6. The minimum atomic E-state index is -0.623. The van der Waals surface area contributed by atoms with Crippen LogP contribution in [-0.4, -0.2) is 42.0 Å². The van der Waals surface area contributed by atoms with E-state index in [0.717, 1.165) is 0 Å². The molecule has 1 amide bonds. The molecule has 8 nitrogen and oxygen atoms in total. The molecular formula is C16H13N3O5. The van der Waals surface area contributed by atoms with Crippen molar-refractivity contribution in [1.82, 2.24) is 9.97 Å². The maximum atomic E-state index is 12.5. The summed E-state index contributed by atoms with van der Waals surface area (Å²) in [6, 6.07) is 4.30. The molecule has 24 heavy (non-hydrogen) atoms. The smallest absolute Gasteiger partial charge is 0.337 e. The van der Waals surface area contributed by atoms with Crippen molar-refractivity contribution in [3.05, 3.63) is 53.1 Å². The third-order valence-corrected chi connectivity index (χ3v) is 3.60. The van der Waals surface area contributed by atoms with Crippen LogP contribution < -0.4 is 4.90 Å². The number of amides is 1. The molecule has 0 saturated carbocycles. The van der Waals surface area contributed by atoms with Gasteiger partial charge in [0.05, 0.1) is 37.6 Å². The number of carbonyl (C=O) groups is 3. The minimum absolute atomic E-state index is 0.139. The molecule has 0 N–H and O–H groups in total. The Morgan fingerprint density at radius 3 is 2.12 bits per heavy atom. The molecule has 3 rings (SSSR count). The van der Waals surface area contributed by atoms with E-state index in [4.69, 9.17) is 9.47 Å². The van der Waals surface area contributed by atoms with Crippen LogP contribution in [-0.2, 0) is 16.0 Å². The summed E-state index contributed by atoms with van der Waals surface area (Å²) in [5, 5.41) is 0. The van der Waals surface area contributed by atoms with Crippen molar-refractivity contribution in [2.75, 3.05) is 19.1 Å². The molecule has 0 bridgehead atoms. The summed E-state index contributed by atoms with van der Waals surface area (Å²) in [7, 11) is 2.47. The van der Waals surface area contributed by atoms with Crippen molar-refractivity contribution in [3.63, 3.8) is 0 Å². The quantitative estimate of drug-likeness (QED) is 0.781. The van der Waals surface area contributed by atoms with Gasteiger partial charge in [-0.3, -0.25) is 9.78 Å². The Bertz CT molecular complexity index is 815. The van der Waals surface area contributed by atoms with Crippen molar-refractivity contribution < 1.29 is 23.9 Å². The summed E-state index contributed by atoms with van der Waals surface area (Å²) in [4.78, 5) is 45.7. The Morgan fingerprint density at radius 1 is 1.00 bits per heavy atom. The average Bonchev–Trinajstić information content (AvgIpc) is 2.97. The van der Waals surface area contributed by atoms with Crippen LogP contribution in [0.1, 0.15) is 36.9 Å². The van der Waals surface area contributed by atoms with Gasteiger partial charge in [0.1, 0.15) is 0 Å². The van der Waals surface area contributed by atoms with Crippen LogP contribution in [0.15, 0.2) is 30.6 Å². The van der Waals surface area contributed by atoms with Crippen LogP contribution in [0, 0.1) is 0 Å².